The smallest absolute Gasteiger partial charge is 0.407 e. The number of amides is 1. The molecule has 1 rings (SSSR count). The average Bonchev–Trinajstić information content (AvgIpc) is 2.34. The Morgan fingerprint density at radius 1 is 1.80 bits per heavy atom. The number of carbonyl (C=O) groups is 1. The maximum absolute atomic E-state index is 10.4. The van der Waals surface area contributed by atoms with E-state index in [9.17, 15) is 4.79 Å². The van der Waals surface area contributed by atoms with Gasteiger partial charge in [-0.05, 0) is 18.1 Å². The zero-order valence-corrected chi connectivity index (χ0v) is 6.55. The summed E-state index contributed by atoms with van der Waals surface area (Å²) in [5.74, 6) is 1.27. The van der Waals surface area contributed by atoms with Gasteiger partial charge in [-0.3, -0.25) is 0 Å². The van der Waals surface area contributed by atoms with Gasteiger partial charge in [-0.1, -0.05) is 0 Å². The van der Waals surface area contributed by atoms with Gasteiger partial charge in [-0.15, -0.1) is 0 Å². The molecule has 1 amide bonds. The summed E-state index contributed by atoms with van der Waals surface area (Å²) in [6, 6.07) is 0. The van der Waals surface area contributed by atoms with Crippen LogP contribution in [0, 0.1) is 5.92 Å². The molecule has 1 heterocycles. The van der Waals surface area contributed by atoms with E-state index in [4.69, 9.17) is 5.11 Å². The molecule has 1 fully saturated rings. The molecule has 3 nitrogen and oxygen atoms in total. The van der Waals surface area contributed by atoms with Gasteiger partial charge in [0.2, 0.25) is 0 Å². The normalized spacial score (nSPS) is 25.3. The van der Waals surface area contributed by atoms with Gasteiger partial charge in [0.05, 0.1) is 0 Å². The Labute approximate surface area is 65.4 Å². The van der Waals surface area contributed by atoms with Gasteiger partial charge in [-0.25, -0.2) is 4.79 Å². The highest BCUT2D eigenvalue weighted by molar-refractivity contribution is 7.80. The molecule has 1 saturated heterocycles. The van der Waals surface area contributed by atoms with Crippen molar-refractivity contribution >= 4 is 18.7 Å². The van der Waals surface area contributed by atoms with E-state index < -0.39 is 6.09 Å². The van der Waals surface area contributed by atoms with Gasteiger partial charge in [-0.2, -0.15) is 12.6 Å². The fourth-order valence-electron chi connectivity index (χ4n) is 1.16. The number of thiol groups is 1. The molecule has 10 heavy (non-hydrogen) atoms. The first kappa shape index (κ1) is 7.72. The fourth-order valence-corrected chi connectivity index (χ4v) is 1.45. The number of likely N-dealkylation sites (tertiary alicyclic amines) is 1. The summed E-state index contributed by atoms with van der Waals surface area (Å²) in [7, 11) is 0. The summed E-state index contributed by atoms with van der Waals surface area (Å²) in [6.45, 7) is 1.35. The standard InChI is InChI=1S/C6H11NO2S/c8-6(9)7-2-1-5(3-7)4-10/h5,10H,1-4H2,(H,8,9). The quantitative estimate of drug-likeness (QED) is 0.561. The van der Waals surface area contributed by atoms with Gasteiger partial charge >= 0.3 is 6.09 Å². The number of nitrogens with zero attached hydrogens (tertiary/aromatic N) is 1. The molecule has 1 aliphatic heterocycles. The minimum atomic E-state index is -0.802. The lowest BCUT2D eigenvalue weighted by molar-refractivity contribution is 0.154. The third-order valence-electron chi connectivity index (χ3n) is 1.81. The molecule has 58 valence electrons. The Morgan fingerprint density at radius 2 is 2.50 bits per heavy atom. The highest BCUT2D eigenvalue weighted by atomic mass is 32.1. The summed E-state index contributed by atoms with van der Waals surface area (Å²) >= 11 is 4.11. The van der Waals surface area contributed by atoms with Crippen molar-refractivity contribution in [2.24, 2.45) is 5.92 Å². The lowest BCUT2D eigenvalue weighted by Crippen LogP contribution is -2.26. The molecule has 1 N–H and O–H groups in total. The summed E-state index contributed by atoms with van der Waals surface area (Å²) < 4.78 is 0. The molecule has 0 radical (unpaired) electrons. The van der Waals surface area contributed by atoms with Crippen molar-refractivity contribution in [3.8, 4) is 0 Å². The lowest BCUT2D eigenvalue weighted by Gasteiger charge is -2.09. The number of carboxylic acid groups (broad SMARTS) is 1. The lowest BCUT2D eigenvalue weighted by atomic mass is 10.2. The van der Waals surface area contributed by atoms with Crippen LogP contribution >= 0.6 is 12.6 Å². The summed E-state index contributed by atoms with van der Waals surface area (Å²) in [5, 5.41) is 8.53. The van der Waals surface area contributed by atoms with Crippen LogP contribution in [0.15, 0.2) is 0 Å². The molecule has 0 saturated carbocycles. The minimum Gasteiger partial charge on any atom is -0.465 e. The maximum atomic E-state index is 10.4. The molecule has 0 bridgehead atoms. The van der Waals surface area contributed by atoms with Gasteiger partial charge in [0.1, 0.15) is 0 Å². The molecular formula is C6H11NO2S. The molecule has 0 aromatic heterocycles. The van der Waals surface area contributed by atoms with Crippen molar-refractivity contribution in [3.63, 3.8) is 0 Å². The van der Waals surface area contributed by atoms with Gasteiger partial charge in [0, 0.05) is 13.1 Å². The summed E-state index contributed by atoms with van der Waals surface area (Å²) in [6.07, 6.45) is 0.166. The number of rotatable bonds is 1. The topological polar surface area (TPSA) is 40.5 Å². The van der Waals surface area contributed by atoms with Crippen molar-refractivity contribution in [2.45, 2.75) is 6.42 Å². The van der Waals surface area contributed by atoms with E-state index in [0.717, 1.165) is 12.2 Å². The summed E-state index contributed by atoms with van der Waals surface area (Å²) in [4.78, 5) is 11.8. The van der Waals surface area contributed by atoms with E-state index in [2.05, 4.69) is 12.6 Å². The van der Waals surface area contributed by atoms with Crippen LogP contribution in [0.2, 0.25) is 0 Å². The van der Waals surface area contributed by atoms with Crippen LogP contribution in [0.3, 0.4) is 0 Å². The molecular weight excluding hydrogens is 150 g/mol. The van der Waals surface area contributed by atoms with Gasteiger partial charge in [0.25, 0.3) is 0 Å². The van der Waals surface area contributed by atoms with E-state index in [1.807, 2.05) is 0 Å². The van der Waals surface area contributed by atoms with Crippen LogP contribution < -0.4 is 0 Å². The number of hydrogen-bond acceptors (Lipinski definition) is 2. The average molecular weight is 161 g/mol. The molecule has 1 unspecified atom stereocenters. The van der Waals surface area contributed by atoms with Crippen molar-refractivity contribution in [1.29, 1.82) is 0 Å². The van der Waals surface area contributed by atoms with Crippen LogP contribution in [0.5, 0.6) is 0 Å². The first-order valence-electron chi connectivity index (χ1n) is 3.32. The second-order valence-corrected chi connectivity index (χ2v) is 2.93. The third-order valence-corrected chi connectivity index (χ3v) is 2.33. The fraction of sp³-hybridized carbons (Fsp3) is 0.833. The minimum absolute atomic E-state index is 0.472. The molecule has 1 atom stereocenters. The van der Waals surface area contributed by atoms with Crippen LogP contribution in [-0.4, -0.2) is 34.9 Å². The maximum Gasteiger partial charge on any atom is 0.407 e. The zero-order valence-electron chi connectivity index (χ0n) is 5.66. The molecule has 4 heteroatoms. The van der Waals surface area contributed by atoms with E-state index in [1.54, 1.807) is 0 Å². The SMILES string of the molecule is O=C(O)N1CCC(CS)C1. The van der Waals surface area contributed by atoms with E-state index in [-0.39, 0.29) is 0 Å². The predicted octanol–water partition coefficient (Wildman–Crippen LogP) is 0.916. The summed E-state index contributed by atoms with van der Waals surface area (Å²) in [5.41, 5.74) is 0. The van der Waals surface area contributed by atoms with Crippen LogP contribution in [0.25, 0.3) is 0 Å². The van der Waals surface area contributed by atoms with Crippen molar-refractivity contribution in [1.82, 2.24) is 4.90 Å². The Morgan fingerprint density at radius 3 is 2.80 bits per heavy atom. The monoisotopic (exact) mass is 161 g/mol. The van der Waals surface area contributed by atoms with Crippen LogP contribution in [0.1, 0.15) is 6.42 Å². The first-order chi connectivity index (χ1) is 4.74. The second kappa shape index (κ2) is 3.14. The Bertz CT molecular complexity index is 140. The Balaban J connectivity index is 2.35. The van der Waals surface area contributed by atoms with E-state index in [1.165, 1.54) is 4.90 Å². The van der Waals surface area contributed by atoms with Crippen molar-refractivity contribution in [2.75, 3.05) is 18.8 Å². The van der Waals surface area contributed by atoms with Crippen molar-refractivity contribution < 1.29 is 9.90 Å². The highest BCUT2D eigenvalue weighted by Gasteiger charge is 2.24. The van der Waals surface area contributed by atoms with E-state index in [0.29, 0.717) is 19.0 Å². The Kier molecular flexibility index (Phi) is 2.43. The molecule has 0 aliphatic carbocycles. The largest absolute Gasteiger partial charge is 0.465 e. The van der Waals surface area contributed by atoms with Gasteiger partial charge < -0.3 is 10.0 Å². The molecule has 1 aliphatic rings. The first-order valence-corrected chi connectivity index (χ1v) is 3.96. The molecule has 0 spiro atoms. The zero-order chi connectivity index (χ0) is 7.56. The third kappa shape index (κ3) is 1.56. The second-order valence-electron chi connectivity index (χ2n) is 2.57. The van der Waals surface area contributed by atoms with E-state index >= 15 is 0 Å². The van der Waals surface area contributed by atoms with Crippen LogP contribution in [-0.2, 0) is 0 Å². The molecule has 0 aromatic carbocycles. The van der Waals surface area contributed by atoms with Gasteiger partial charge in [0.15, 0.2) is 0 Å². The molecule has 0 aromatic rings. The predicted molar refractivity (Wildman–Crippen MR) is 41.6 cm³/mol. The Hall–Kier alpha value is -0.380. The highest BCUT2D eigenvalue weighted by Crippen LogP contribution is 2.16. The van der Waals surface area contributed by atoms with Crippen molar-refractivity contribution in [3.05, 3.63) is 0 Å². The number of hydrogen-bond donors (Lipinski definition) is 2. The van der Waals surface area contributed by atoms with Crippen LogP contribution in [0.4, 0.5) is 4.79 Å².